The Kier molecular flexibility index (Phi) is 6.21. The number of nitrogens with zero attached hydrogens (tertiary/aromatic N) is 3. The minimum Gasteiger partial charge on any atom is -0.372 e. The molecule has 5 heteroatoms. The first-order chi connectivity index (χ1) is 10.0. The maximum atomic E-state index is 6.13. The van der Waals surface area contributed by atoms with Crippen molar-refractivity contribution in [3.05, 3.63) is 18.0 Å². The maximum Gasteiger partial charge on any atom is 0.0707 e. The molecule has 1 saturated heterocycles. The molecular formula is C16H30N4O. The summed E-state index contributed by atoms with van der Waals surface area (Å²) in [5.74, 6) is 0.702. The van der Waals surface area contributed by atoms with E-state index in [1.807, 2.05) is 17.9 Å². The number of hydrogen-bond donors (Lipinski definition) is 1. The van der Waals surface area contributed by atoms with E-state index >= 15 is 0 Å². The summed E-state index contributed by atoms with van der Waals surface area (Å²) in [5.41, 5.74) is 1.26. The van der Waals surface area contributed by atoms with Crippen LogP contribution in [-0.4, -0.2) is 53.6 Å². The third-order valence-electron chi connectivity index (χ3n) is 3.85. The second-order valence-corrected chi connectivity index (χ2v) is 6.73. The predicted octanol–water partition coefficient (Wildman–Crippen LogP) is 1.65. The zero-order valence-corrected chi connectivity index (χ0v) is 13.9. The molecule has 120 valence electrons. The summed E-state index contributed by atoms with van der Waals surface area (Å²) in [6.45, 7) is 8.46. The summed E-state index contributed by atoms with van der Waals surface area (Å²) in [7, 11) is 4.11. The van der Waals surface area contributed by atoms with Crippen LogP contribution in [0.25, 0.3) is 0 Å². The van der Waals surface area contributed by atoms with Gasteiger partial charge in [0.05, 0.1) is 18.4 Å². The summed E-state index contributed by atoms with van der Waals surface area (Å²) in [6.07, 6.45) is 7.12. The number of nitrogens with one attached hydrogen (secondary N) is 1. The van der Waals surface area contributed by atoms with Crippen LogP contribution < -0.4 is 5.32 Å². The van der Waals surface area contributed by atoms with Crippen LogP contribution in [0.4, 0.5) is 0 Å². The minimum absolute atomic E-state index is 0.373. The van der Waals surface area contributed by atoms with Crippen LogP contribution in [0.1, 0.15) is 32.3 Å². The molecule has 1 fully saturated rings. The monoisotopic (exact) mass is 294 g/mol. The molecule has 1 aromatic rings. The highest BCUT2D eigenvalue weighted by molar-refractivity contribution is 5.03. The van der Waals surface area contributed by atoms with Gasteiger partial charge in [0.2, 0.25) is 0 Å². The fraction of sp³-hybridized carbons (Fsp3) is 0.812. The third kappa shape index (κ3) is 5.77. The van der Waals surface area contributed by atoms with Crippen LogP contribution in [0.5, 0.6) is 0 Å². The number of ether oxygens (including phenoxy) is 1. The van der Waals surface area contributed by atoms with E-state index in [1.165, 1.54) is 18.4 Å². The topological polar surface area (TPSA) is 42.3 Å². The van der Waals surface area contributed by atoms with E-state index in [2.05, 4.69) is 42.4 Å². The van der Waals surface area contributed by atoms with Gasteiger partial charge in [0.1, 0.15) is 0 Å². The first kappa shape index (κ1) is 16.5. The Labute approximate surface area is 128 Å². The molecule has 0 aromatic carbocycles. The van der Waals surface area contributed by atoms with E-state index in [0.29, 0.717) is 18.1 Å². The van der Waals surface area contributed by atoms with Crippen LogP contribution in [-0.2, 0) is 18.3 Å². The second kappa shape index (κ2) is 7.92. The Bertz CT molecular complexity index is 418. The lowest BCUT2D eigenvalue weighted by atomic mass is 10.1. The second-order valence-electron chi connectivity index (χ2n) is 6.73. The molecule has 0 bridgehead atoms. The summed E-state index contributed by atoms with van der Waals surface area (Å²) in [5, 5.41) is 7.71. The standard InChI is InChI=1S/C16H30N4O/c1-13(2)7-17-9-15-5-6-16(21-15)12-19(3)10-14-8-18-20(4)11-14/h8,11,13,15-17H,5-7,9-10,12H2,1-4H3. The summed E-state index contributed by atoms with van der Waals surface area (Å²) >= 11 is 0. The van der Waals surface area contributed by atoms with E-state index in [9.17, 15) is 0 Å². The molecule has 5 nitrogen and oxygen atoms in total. The van der Waals surface area contributed by atoms with Crippen molar-refractivity contribution in [1.82, 2.24) is 20.0 Å². The largest absolute Gasteiger partial charge is 0.372 e. The molecule has 2 atom stereocenters. The molecule has 0 aliphatic carbocycles. The molecule has 2 rings (SSSR count). The van der Waals surface area contributed by atoms with Crippen molar-refractivity contribution in [2.75, 3.05) is 26.7 Å². The number of aromatic nitrogens is 2. The fourth-order valence-electron chi connectivity index (χ4n) is 2.87. The van der Waals surface area contributed by atoms with Gasteiger partial charge in [-0.1, -0.05) is 13.8 Å². The van der Waals surface area contributed by atoms with Gasteiger partial charge in [-0.2, -0.15) is 5.10 Å². The van der Waals surface area contributed by atoms with Gasteiger partial charge in [-0.3, -0.25) is 9.58 Å². The minimum atomic E-state index is 0.373. The van der Waals surface area contributed by atoms with Crippen molar-refractivity contribution >= 4 is 0 Å². The zero-order chi connectivity index (χ0) is 15.2. The predicted molar refractivity (Wildman–Crippen MR) is 85.1 cm³/mol. The molecule has 0 saturated carbocycles. The van der Waals surface area contributed by atoms with E-state index in [-0.39, 0.29) is 0 Å². The Morgan fingerprint density at radius 2 is 2.19 bits per heavy atom. The van der Waals surface area contributed by atoms with Crippen LogP contribution in [0, 0.1) is 5.92 Å². The highest BCUT2D eigenvalue weighted by atomic mass is 16.5. The molecule has 21 heavy (non-hydrogen) atoms. The maximum absolute atomic E-state index is 6.13. The van der Waals surface area contributed by atoms with Crippen molar-refractivity contribution in [3.8, 4) is 0 Å². The molecule has 0 spiro atoms. The molecule has 1 aliphatic heterocycles. The molecule has 1 N–H and O–H groups in total. The number of hydrogen-bond acceptors (Lipinski definition) is 4. The molecule has 1 aromatic heterocycles. The van der Waals surface area contributed by atoms with Crippen LogP contribution in [0.2, 0.25) is 0 Å². The van der Waals surface area contributed by atoms with Crippen molar-refractivity contribution in [2.24, 2.45) is 13.0 Å². The van der Waals surface area contributed by atoms with Gasteiger partial charge in [0.15, 0.2) is 0 Å². The Balaban J connectivity index is 1.65. The Morgan fingerprint density at radius 3 is 2.86 bits per heavy atom. The fourth-order valence-corrected chi connectivity index (χ4v) is 2.87. The number of aryl methyl sites for hydroxylation is 1. The Hall–Kier alpha value is -0.910. The van der Waals surface area contributed by atoms with Crippen LogP contribution in [0.15, 0.2) is 12.4 Å². The quantitative estimate of drug-likeness (QED) is 0.791. The summed E-state index contributed by atoms with van der Waals surface area (Å²) < 4.78 is 7.98. The van der Waals surface area contributed by atoms with Crippen LogP contribution in [0.3, 0.4) is 0 Å². The lowest BCUT2D eigenvalue weighted by Gasteiger charge is -2.21. The first-order valence-electron chi connectivity index (χ1n) is 8.05. The van der Waals surface area contributed by atoms with Crippen molar-refractivity contribution < 1.29 is 4.74 Å². The Morgan fingerprint density at radius 1 is 1.43 bits per heavy atom. The summed E-state index contributed by atoms with van der Waals surface area (Å²) in [6, 6.07) is 0. The average molecular weight is 294 g/mol. The van der Waals surface area contributed by atoms with Gasteiger partial charge < -0.3 is 10.1 Å². The lowest BCUT2D eigenvalue weighted by molar-refractivity contribution is 0.0265. The average Bonchev–Trinajstić information content (AvgIpc) is 2.98. The van der Waals surface area contributed by atoms with E-state index in [4.69, 9.17) is 4.74 Å². The van der Waals surface area contributed by atoms with Gasteiger partial charge in [0, 0.05) is 38.4 Å². The van der Waals surface area contributed by atoms with Gasteiger partial charge in [0.25, 0.3) is 0 Å². The summed E-state index contributed by atoms with van der Waals surface area (Å²) in [4.78, 5) is 2.33. The van der Waals surface area contributed by atoms with E-state index < -0.39 is 0 Å². The molecule has 1 aliphatic rings. The number of likely N-dealkylation sites (N-methyl/N-ethyl adjacent to an activating group) is 1. The molecule has 2 heterocycles. The van der Waals surface area contributed by atoms with Crippen molar-refractivity contribution in [1.29, 1.82) is 0 Å². The van der Waals surface area contributed by atoms with Gasteiger partial charge in [-0.25, -0.2) is 0 Å². The SMILES string of the molecule is CC(C)CNCC1CCC(CN(C)Cc2cnn(C)c2)O1. The van der Waals surface area contributed by atoms with E-state index in [1.54, 1.807) is 0 Å². The lowest BCUT2D eigenvalue weighted by Crippen LogP contribution is -2.32. The smallest absolute Gasteiger partial charge is 0.0707 e. The van der Waals surface area contributed by atoms with Crippen LogP contribution >= 0.6 is 0 Å². The third-order valence-corrected chi connectivity index (χ3v) is 3.85. The highest BCUT2D eigenvalue weighted by Crippen LogP contribution is 2.20. The van der Waals surface area contributed by atoms with Gasteiger partial charge in [-0.15, -0.1) is 0 Å². The van der Waals surface area contributed by atoms with Crippen molar-refractivity contribution in [3.63, 3.8) is 0 Å². The molecule has 0 amide bonds. The van der Waals surface area contributed by atoms with E-state index in [0.717, 1.165) is 26.2 Å². The number of rotatable bonds is 8. The van der Waals surface area contributed by atoms with Gasteiger partial charge in [-0.05, 0) is 32.4 Å². The highest BCUT2D eigenvalue weighted by Gasteiger charge is 2.25. The molecule has 0 radical (unpaired) electrons. The normalized spacial score (nSPS) is 22.6. The molecule has 2 unspecified atom stereocenters. The zero-order valence-electron chi connectivity index (χ0n) is 13.9. The van der Waals surface area contributed by atoms with Gasteiger partial charge >= 0.3 is 0 Å². The van der Waals surface area contributed by atoms with Crippen molar-refractivity contribution in [2.45, 2.75) is 45.4 Å². The molecular weight excluding hydrogens is 264 g/mol. The first-order valence-corrected chi connectivity index (χ1v) is 8.05.